The molecule has 0 aliphatic carbocycles. The molecule has 3 heteroatoms. The molecule has 0 aromatic heterocycles. The van der Waals surface area contributed by atoms with Crippen molar-refractivity contribution >= 4 is 0 Å². The third-order valence-electron chi connectivity index (χ3n) is 1.41. The van der Waals surface area contributed by atoms with Gasteiger partial charge in [-0.2, -0.15) is 5.26 Å². The maximum atomic E-state index is 8.54. The lowest BCUT2D eigenvalue weighted by atomic mass is 10.3. The van der Waals surface area contributed by atoms with Crippen molar-refractivity contribution < 1.29 is 4.74 Å². The third kappa shape index (κ3) is 2.70. The molecule has 0 bridgehead atoms. The Balaban J connectivity index is 3.67. The van der Waals surface area contributed by atoms with E-state index in [4.69, 9.17) is 10.00 Å². The molecule has 1 atom stereocenters. The molecule has 0 aliphatic heterocycles. The minimum absolute atomic E-state index is 0.194. The van der Waals surface area contributed by atoms with Crippen LogP contribution in [0.2, 0.25) is 0 Å². The maximum Gasteiger partial charge on any atom is 0.179 e. The van der Waals surface area contributed by atoms with Gasteiger partial charge in [0, 0.05) is 13.7 Å². The van der Waals surface area contributed by atoms with Crippen molar-refractivity contribution in [2.75, 3.05) is 20.3 Å². The van der Waals surface area contributed by atoms with Gasteiger partial charge in [0.1, 0.15) is 0 Å². The van der Waals surface area contributed by atoms with E-state index in [0.717, 1.165) is 6.54 Å². The van der Waals surface area contributed by atoms with Gasteiger partial charge in [-0.25, -0.2) is 0 Å². The Labute approximate surface area is 62.2 Å². The van der Waals surface area contributed by atoms with E-state index in [1.54, 1.807) is 12.0 Å². The van der Waals surface area contributed by atoms with Crippen LogP contribution in [0.25, 0.3) is 0 Å². The number of methoxy groups -OCH3 is 1. The summed E-state index contributed by atoms with van der Waals surface area (Å²) in [5.41, 5.74) is 0. The van der Waals surface area contributed by atoms with Crippen LogP contribution in [-0.2, 0) is 4.74 Å². The van der Waals surface area contributed by atoms with Gasteiger partial charge in [-0.05, 0) is 13.8 Å². The molecule has 0 heterocycles. The molecule has 0 fully saturated rings. The van der Waals surface area contributed by atoms with Crippen molar-refractivity contribution in [2.45, 2.75) is 19.9 Å². The highest BCUT2D eigenvalue weighted by Crippen LogP contribution is 1.95. The minimum Gasteiger partial charge on any atom is -0.383 e. The molecule has 0 aromatic carbocycles. The molecule has 3 nitrogen and oxygen atoms in total. The number of nitriles is 1. The molecule has 0 radical (unpaired) electrons. The van der Waals surface area contributed by atoms with Gasteiger partial charge in [-0.15, -0.1) is 0 Å². The zero-order valence-electron chi connectivity index (χ0n) is 6.79. The number of hydrogen-bond acceptors (Lipinski definition) is 3. The zero-order valence-corrected chi connectivity index (χ0v) is 6.79. The van der Waals surface area contributed by atoms with E-state index < -0.39 is 0 Å². The average molecular weight is 142 g/mol. The van der Waals surface area contributed by atoms with E-state index in [9.17, 15) is 0 Å². The molecule has 10 heavy (non-hydrogen) atoms. The second-order valence-electron chi connectivity index (χ2n) is 2.19. The average Bonchev–Trinajstić information content (AvgIpc) is 1.91. The van der Waals surface area contributed by atoms with Crippen LogP contribution in [0.15, 0.2) is 0 Å². The Morgan fingerprint density at radius 2 is 2.30 bits per heavy atom. The van der Waals surface area contributed by atoms with Crippen LogP contribution in [0.3, 0.4) is 0 Å². The van der Waals surface area contributed by atoms with Crippen molar-refractivity contribution in [1.82, 2.24) is 4.90 Å². The van der Waals surface area contributed by atoms with Gasteiger partial charge in [0.05, 0.1) is 12.6 Å². The summed E-state index contributed by atoms with van der Waals surface area (Å²) >= 11 is 0. The number of hydrogen-bond donors (Lipinski definition) is 0. The summed E-state index contributed by atoms with van der Waals surface area (Å²) in [6, 6.07) is 0.194. The number of nitrogens with zero attached hydrogens (tertiary/aromatic N) is 2. The first-order chi connectivity index (χ1) is 4.76. The van der Waals surface area contributed by atoms with Crippen LogP contribution in [-0.4, -0.2) is 31.2 Å². The normalized spacial score (nSPS) is 12.2. The molecule has 0 amide bonds. The SMILES string of the molecule is CCN(C#N)C(C)COC. The smallest absolute Gasteiger partial charge is 0.179 e. The molecular weight excluding hydrogens is 128 g/mol. The summed E-state index contributed by atoms with van der Waals surface area (Å²) in [6.07, 6.45) is 2.09. The van der Waals surface area contributed by atoms with Crippen LogP contribution >= 0.6 is 0 Å². The third-order valence-corrected chi connectivity index (χ3v) is 1.41. The van der Waals surface area contributed by atoms with Gasteiger partial charge in [0.25, 0.3) is 0 Å². The van der Waals surface area contributed by atoms with Gasteiger partial charge in [-0.1, -0.05) is 0 Å². The van der Waals surface area contributed by atoms with Gasteiger partial charge >= 0.3 is 0 Å². The topological polar surface area (TPSA) is 36.3 Å². The molecule has 0 N–H and O–H groups in total. The quantitative estimate of drug-likeness (QED) is 0.431. The Morgan fingerprint density at radius 3 is 2.60 bits per heavy atom. The second kappa shape index (κ2) is 5.07. The van der Waals surface area contributed by atoms with Crippen LogP contribution in [0, 0.1) is 11.5 Å². The van der Waals surface area contributed by atoms with Gasteiger partial charge in [-0.3, -0.25) is 0 Å². The van der Waals surface area contributed by atoms with E-state index in [2.05, 4.69) is 6.19 Å². The molecule has 0 saturated carbocycles. The molecule has 0 aromatic rings. The molecule has 0 saturated heterocycles. The van der Waals surface area contributed by atoms with Crippen molar-refractivity contribution in [1.29, 1.82) is 5.26 Å². The second-order valence-corrected chi connectivity index (χ2v) is 2.19. The molecule has 0 rings (SSSR count). The van der Waals surface area contributed by atoms with E-state index in [0.29, 0.717) is 6.61 Å². The Hall–Kier alpha value is -0.750. The molecule has 1 unspecified atom stereocenters. The predicted molar refractivity (Wildman–Crippen MR) is 39.3 cm³/mol. The Kier molecular flexibility index (Phi) is 4.69. The highest BCUT2D eigenvalue weighted by molar-refractivity contribution is 4.77. The van der Waals surface area contributed by atoms with Crippen molar-refractivity contribution in [3.63, 3.8) is 0 Å². The van der Waals surface area contributed by atoms with Crippen molar-refractivity contribution in [3.8, 4) is 6.19 Å². The standard InChI is InChI=1S/C7H14N2O/c1-4-9(6-8)7(2)5-10-3/h7H,4-5H2,1-3H3. The first kappa shape index (κ1) is 9.25. The van der Waals surface area contributed by atoms with Gasteiger partial charge < -0.3 is 9.64 Å². The highest BCUT2D eigenvalue weighted by atomic mass is 16.5. The van der Waals surface area contributed by atoms with Gasteiger partial charge in [0.2, 0.25) is 0 Å². The van der Waals surface area contributed by atoms with E-state index in [-0.39, 0.29) is 6.04 Å². The summed E-state index contributed by atoms with van der Waals surface area (Å²) < 4.78 is 4.90. The van der Waals surface area contributed by atoms with Crippen molar-refractivity contribution in [3.05, 3.63) is 0 Å². The molecule has 0 spiro atoms. The first-order valence-electron chi connectivity index (χ1n) is 3.41. The number of ether oxygens (including phenoxy) is 1. The summed E-state index contributed by atoms with van der Waals surface area (Å²) in [5.74, 6) is 0. The van der Waals surface area contributed by atoms with E-state index in [1.165, 1.54) is 0 Å². The highest BCUT2D eigenvalue weighted by Gasteiger charge is 2.07. The lowest BCUT2D eigenvalue weighted by Gasteiger charge is -2.20. The Bertz CT molecular complexity index is 119. The largest absolute Gasteiger partial charge is 0.383 e. The molecular formula is C7H14N2O. The van der Waals surface area contributed by atoms with Crippen LogP contribution in [0.4, 0.5) is 0 Å². The number of likely N-dealkylation sites (N-methyl/N-ethyl adjacent to an activating group) is 1. The Morgan fingerprint density at radius 1 is 1.70 bits per heavy atom. The predicted octanol–water partition coefficient (Wildman–Crippen LogP) is 0.824. The zero-order chi connectivity index (χ0) is 7.98. The summed E-state index contributed by atoms with van der Waals surface area (Å²) in [5, 5.41) is 8.54. The summed E-state index contributed by atoms with van der Waals surface area (Å²) in [4.78, 5) is 1.68. The monoisotopic (exact) mass is 142 g/mol. The fourth-order valence-corrected chi connectivity index (χ4v) is 0.812. The first-order valence-corrected chi connectivity index (χ1v) is 3.41. The van der Waals surface area contributed by atoms with Crippen molar-refractivity contribution in [2.24, 2.45) is 0 Å². The fraction of sp³-hybridized carbons (Fsp3) is 0.857. The van der Waals surface area contributed by atoms with Crippen LogP contribution in [0.5, 0.6) is 0 Å². The summed E-state index contributed by atoms with van der Waals surface area (Å²) in [6.45, 7) is 5.29. The fourth-order valence-electron chi connectivity index (χ4n) is 0.812. The maximum absolute atomic E-state index is 8.54. The van der Waals surface area contributed by atoms with E-state index >= 15 is 0 Å². The van der Waals surface area contributed by atoms with Crippen LogP contribution < -0.4 is 0 Å². The summed E-state index contributed by atoms with van der Waals surface area (Å²) in [7, 11) is 1.64. The molecule has 58 valence electrons. The van der Waals surface area contributed by atoms with Crippen LogP contribution in [0.1, 0.15) is 13.8 Å². The number of rotatable bonds is 4. The van der Waals surface area contributed by atoms with Gasteiger partial charge in [0.15, 0.2) is 6.19 Å². The minimum atomic E-state index is 0.194. The lowest BCUT2D eigenvalue weighted by Crippen LogP contribution is -2.31. The lowest BCUT2D eigenvalue weighted by molar-refractivity contribution is 0.133. The van der Waals surface area contributed by atoms with E-state index in [1.807, 2.05) is 13.8 Å². The molecule has 0 aliphatic rings.